The summed E-state index contributed by atoms with van der Waals surface area (Å²) in [4.78, 5) is 15.0. The van der Waals surface area contributed by atoms with E-state index in [-0.39, 0.29) is 35.3 Å². The number of nitrogens with one attached hydrogen (secondary N) is 1. The van der Waals surface area contributed by atoms with Crippen LogP contribution in [0.4, 0.5) is 28.9 Å². The Hall–Kier alpha value is -4.52. The topological polar surface area (TPSA) is 111 Å². The molecule has 3 N–H and O–H groups in total. The van der Waals surface area contributed by atoms with Gasteiger partial charge in [0.25, 0.3) is 5.91 Å². The van der Waals surface area contributed by atoms with Crippen molar-refractivity contribution in [2.45, 2.75) is 25.9 Å². The second kappa shape index (κ2) is 11.5. The Kier molecular flexibility index (Phi) is 7.88. The number of piperidine rings is 1. The van der Waals surface area contributed by atoms with Crippen molar-refractivity contribution in [1.29, 1.82) is 0 Å². The Labute approximate surface area is 232 Å². The number of halogens is 4. The van der Waals surface area contributed by atoms with Gasteiger partial charge in [0.1, 0.15) is 11.3 Å². The molecule has 1 aliphatic heterocycles. The number of aromatic nitrogens is 4. The number of benzene rings is 2. The predicted octanol–water partition coefficient (Wildman–Crippen LogP) is 5.35. The Morgan fingerprint density at radius 2 is 1.95 bits per heavy atom. The van der Waals surface area contributed by atoms with Gasteiger partial charge in [-0.15, -0.1) is 0 Å². The van der Waals surface area contributed by atoms with Gasteiger partial charge in [-0.1, -0.05) is 12.1 Å². The molecule has 2 aromatic heterocycles. The van der Waals surface area contributed by atoms with Gasteiger partial charge in [0.2, 0.25) is 0 Å². The third kappa shape index (κ3) is 5.99. The van der Waals surface area contributed by atoms with Crippen molar-refractivity contribution in [3.05, 3.63) is 83.7 Å². The van der Waals surface area contributed by atoms with E-state index in [1.165, 1.54) is 41.3 Å². The van der Waals surface area contributed by atoms with Crippen LogP contribution in [0.15, 0.2) is 61.1 Å². The number of carbonyl (C=O) groups excluding carboxylic acids is 1. The number of ether oxygens (including phenoxy) is 1. The second-order valence-corrected chi connectivity index (χ2v) is 9.72. The molecular weight excluding hydrogens is 542 g/mol. The highest BCUT2D eigenvalue weighted by atomic mass is 19.4. The van der Waals surface area contributed by atoms with Crippen LogP contribution in [-0.4, -0.2) is 45.5 Å². The van der Waals surface area contributed by atoms with Crippen molar-refractivity contribution >= 4 is 17.3 Å². The summed E-state index contributed by atoms with van der Waals surface area (Å²) in [5.74, 6) is -2.50. The van der Waals surface area contributed by atoms with Crippen molar-refractivity contribution in [1.82, 2.24) is 20.0 Å². The molecule has 0 spiro atoms. The summed E-state index contributed by atoms with van der Waals surface area (Å²) >= 11 is 0. The van der Waals surface area contributed by atoms with Crippen LogP contribution in [0.1, 0.15) is 34.5 Å². The van der Waals surface area contributed by atoms with E-state index in [9.17, 15) is 22.4 Å². The van der Waals surface area contributed by atoms with E-state index in [1.807, 2.05) is 0 Å². The summed E-state index contributed by atoms with van der Waals surface area (Å²) in [6.45, 7) is 2.50. The number of anilines is 2. The van der Waals surface area contributed by atoms with E-state index in [1.54, 1.807) is 24.1 Å². The number of nitrogens with two attached hydrogens (primary N) is 1. The van der Waals surface area contributed by atoms with Gasteiger partial charge in [-0.05, 0) is 62.6 Å². The Morgan fingerprint density at radius 1 is 1.15 bits per heavy atom. The van der Waals surface area contributed by atoms with E-state index in [0.717, 1.165) is 18.6 Å². The smallest absolute Gasteiger partial charge is 0.422 e. The van der Waals surface area contributed by atoms with Gasteiger partial charge in [-0.25, -0.2) is 9.07 Å². The lowest BCUT2D eigenvalue weighted by Crippen LogP contribution is -2.40. The lowest BCUT2D eigenvalue weighted by molar-refractivity contribution is -0.138. The molecule has 0 aliphatic carbocycles. The third-order valence-electron chi connectivity index (χ3n) is 6.84. The number of alkyl halides is 3. The summed E-state index contributed by atoms with van der Waals surface area (Å²) in [6.07, 6.45) is 1.000. The molecule has 1 amide bonds. The van der Waals surface area contributed by atoms with E-state index >= 15 is 0 Å². The highest BCUT2D eigenvalue weighted by Crippen LogP contribution is 2.48. The number of aryl methyl sites for hydroxylation is 1. The minimum Gasteiger partial charge on any atom is -0.454 e. The molecule has 1 saturated heterocycles. The number of nitrogens with zero attached hydrogens (tertiary/aromatic N) is 5. The van der Waals surface area contributed by atoms with Gasteiger partial charge in [0.05, 0.1) is 29.5 Å². The van der Waals surface area contributed by atoms with Gasteiger partial charge >= 0.3 is 6.18 Å². The fourth-order valence-corrected chi connectivity index (χ4v) is 4.89. The highest BCUT2D eigenvalue weighted by molar-refractivity contribution is 6.06. The number of para-hydroxylation sites is 1. The number of hydrogen-bond acceptors (Lipinski definition) is 7. The van der Waals surface area contributed by atoms with Crippen molar-refractivity contribution in [3.8, 4) is 17.2 Å². The average Bonchev–Trinajstić information content (AvgIpc) is 3.36. The first-order valence-electron chi connectivity index (χ1n) is 12.9. The maximum atomic E-state index is 14.8. The lowest BCUT2D eigenvalue weighted by atomic mass is 9.96. The number of amides is 1. The van der Waals surface area contributed by atoms with Gasteiger partial charge in [-0.3, -0.25) is 4.79 Å². The molecule has 3 heterocycles. The number of hydrogen-bond donors (Lipinski definition) is 2. The van der Waals surface area contributed by atoms with Crippen molar-refractivity contribution in [2.75, 3.05) is 29.9 Å². The lowest BCUT2D eigenvalue weighted by Gasteiger charge is -2.37. The van der Waals surface area contributed by atoms with E-state index in [2.05, 4.69) is 20.6 Å². The predicted molar refractivity (Wildman–Crippen MR) is 144 cm³/mol. The molecule has 1 atom stereocenters. The minimum absolute atomic E-state index is 0.0199. The highest BCUT2D eigenvalue weighted by Gasteiger charge is 2.41. The van der Waals surface area contributed by atoms with E-state index < -0.39 is 29.2 Å². The molecule has 0 radical (unpaired) electrons. The largest absolute Gasteiger partial charge is 0.454 e. The second-order valence-electron chi connectivity index (χ2n) is 9.72. The molecule has 0 unspecified atom stereocenters. The zero-order valence-corrected chi connectivity index (χ0v) is 22.0. The Bertz CT molecular complexity index is 1540. The molecule has 9 nitrogen and oxygen atoms in total. The molecule has 1 aliphatic rings. The average molecular weight is 570 g/mol. The molecule has 5 rings (SSSR count). The van der Waals surface area contributed by atoms with Gasteiger partial charge in [0.15, 0.2) is 17.3 Å². The quantitative estimate of drug-likeness (QED) is 0.289. The molecule has 1 fully saturated rings. The fraction of sp³-hybridized carbons (Fsp3) is 0.286. The van der Waals surface area contributed by atoms with E-state index in [0.29, 0.717) is 30.8 Å². The van der Waals surface area contributed by atoms with Gasteiger partial charge in [-0.2, -0.15) is 28.5 Å². The van der Waals surface area contributed by atoms with Crippen LogP contribution in [0.3, 0.4) is 0 Å². The maximum Gasteiger partial charge on any atom is 0.422 e. The van der Waals surface area contributed by atoms with Crippen LogP contribution in [0.5, 0.6) is 11.5 Å². The summed E-state index contributed by atoms with van der Waals surface area (Å²) < 4.78 is 65.6. The van der Waals surface area contributed by atoms with Crippen LogP contribution >= 0.6 is 0 Å². The van der Waals surface area contributed by atoms with Crippen LogP contribution in [0.2, 0.25) is 0 Å². The Balaban J connectivity index is 1.58. The third-order valence-corrected chi connectivity index (χ3v) is 6.84. The van der Waals surface area contributed by atoms with Crippen LogP contribution < -0.4 is 20.7 Å². The Morgan fingerprint density at radius 3 is 2.66 bits per heavy atom. The summed E-state index contributed by atoms with van der Waals surface area (Å²) in [5, 5.41) is 14.5. The van der Waals surface area contributed by atoms with Crippen molar-refractivity contribution in [3.63, 3.8) is 0 Å². The molecule has 2 aromatic carbocycles. The molecular formula is C28H27F4N7O2. The van der Waals surface area contributed by atoms with Crippen LogP contribution in [0, 0.1) is 18.7 Å². The molecule has 0 saturated carbocycles. The number of carbonyl (C=O) groups is 1. The summed E-state index contributed by atoms with van der Waals surface area (Å²) in [7, 11) is 0. The van der Waals surface area contributed by atoms with Crippen molar-refractivity contribution in [2.24, 2.45) is 11.7 Å². The summed E-state index contributed by atoms with van der Waals surface area (Å²) in [5.41, 5.74) is 5.47. The zero-order valence-electron chi connectivity index (χ0n) is 22.0. The molecule has 4 aromatic rings. The first-order valence-corrected chi connectivity index (χ1v) is 12.9. The maximum absolute atomic E-state index is 14.8. The minimum atomic E-state index is -4.90. The molecule has 214 valence electrons. The summed E-state index contributed by atoms with van der Waals surface area (Å²) in [6, 6.07) is 9.25. The monoisotopic (exact) mass is 569 g/mol. The first kappa shape index (κ1) is 28.0. The van der Waals surface area contributed by atoms with Gasteiger partial charge < -0.3 is 20.7 Å². The van der Waals surface area contributed by atoms with Crippen LogP contribution in [0.25, 0.3) is 5.69 Å². The van der Waals surface area contributed by atoms with E-state index in [4.69, 9.17) is 10.5 Å². The SMILES string of the molecule is Cc1cn(-c2ccnnc2)nc1C(=O)Nc1ccc(Oc2ccccc2F)c(C(F)(F)F)c1N1CCC[C@@H](CN)C1. The first-order chi connectivity index (χ1) is 19.7. The standard InChI is InChI=1S/C28H27F4N7O2/c1-17-15-39(19-10-11-34-35-14-19)37-25(17)27(40)36-21-8-9-23(41-22-7-3-2-6-20(22)29)24(28(30,31)32)26(21)38-12-4-5-18(13-33)16-38/h2-3,6-11,14-15,18H,4-5,12-13,16,33H2,1H3,(H,36,40)/t18-/m0/s1. The molecule has 41 heavy (non-hydrogen) atoms. The van der Waals surface area contributed by atoms with Crippen LogP contribution in [-0.2, 0) is 6.18 Å². The molecule has 0 bridgehead atoms. The van der Waals surface area contributed by atoms with Gasteiger partial charge in [0, 0.05) is 24.8 Å². The number of rotatable bonds is 7. The molecule has 13 heteroatoms. The fourth-order valence-electron chi connectivity index (χ4n) is 4.89. The zero-order chi connectivity index (χ0) is 29.1. The normalized spacial score (nSPS) is 15.6. The van der Waals surface area contributed by atoms with Crippen molar-refractivity contribution < 1.29 is 27.1 Å².